The van der Waals surface area contributed by atoms with Gasteiger partial charge in [-0.05, 0) is 48.7 Å². The number of hydrogen-bond donors (Lipinski definition) is 0. The van der Waals surface area contributed by atoms with E-state index >= 15 is 0 Å². The molecule has 0 saturated carbocycles. The lowest BCUT2D eigenvalue weighted by Gasteiger charge is -2.15. The van der Waals surface area contributed by atoms with Crippen LogP contribution in [0.25, 0.3) is 0 Å². The summed E-state index contributed by atoms with van der Waals surface area (Å²) in [4.78, 5) is 10.6. The molecule has 2 rings (SSSR count). The lowest BCUT2D eigenvalue weighted by Crippen LogP contribution is -2.03. The Balaban J connectivity index is 1.94. The van der Waals surface area contributed by atoms with E-state index < -0.39 is 0 Å². The van der Waals surface area contributed by atoms with Crippen molar-refractivity contribution < 1.29 is 14.3 Å². The third-order valence-electron chi connectivity index (χ3n) is 3.51. The molecule has 2 aromatic carbocycles. The molecule has 22 heavy (non-hydrogen) atoms. The van der Waals surface area contributed by atoms with Crippen LogP contribution in [0.5, 0.6) is 5.75 Å². The normalized spacial score (nSPS) is 11.9. The molecule has 0 saturated heterocycles. The van der Waals surface area contributed by atoms with Gasteiger partial charge in [-0.15, -0.1) is 0 Å². The molecule has 116 valence electrons. The van der Waals surface area contributed by atoms with E-state index in [1.165, 1.54) is 5.56 Å². The maximum Gasteiger partial charge on any atom is 0.150 e. The van der Waals surface area contributed by atoms with Gasteiger partial charge >= 0.3 is 0 Å². The van der Waals surface area contributed by atoms with Gasteiger partial charge < -0.3 is 9.47 Å². The van der Waals surface area contributed by atoms with Crippen LogP contribution in [-0.4, -0.2) is 12.9 Å². The van der Waals surface area contributed by atoms with Crippen molar-refractivity contribution in [2.24, 2.45) is 0 Å². The van der Waals surface area contributed by atoms with Crippen molar-refractivity contribution in [2.75, 3.05) is 6.61 Å². The number of carbonyl (C=O) groups is 1. The summed E-state index contributed by atoms with van der Waals surface area (Å²) in [5.41, 5.74) is 2.95. The number of carbonyl (C=O) groups excluding carboxylic acids is 1. The Kier molecular flexibility index (Phi) is 6.16. The van der Waals surface area contributed by atoms with Crippen molar-refractivity contribution in [3.8, 4) is 5.75 Å². The Bertz CT molecular complexity index is 573. The number of benzene rings is 2. The molecule has 0 amide bonds. The Labute approximate surface area is 131 Å². The van der Waals surface area contributed by atoms with Gasteiger partial charge in [-0.25, -0.2) is 0 Å². The maximum atomic E-state index is 10.6. The predicted molar refractivity (Wildman–Crippen MR) is 87.3 cm³/mol. The van der Waals surface area contributed by atoms with E-state index in [-0.39, 0.29) is 6.10 Å². The van der Waals surface area contributed by atoms with Crippen molar-refractivity contribution in [3.63, 3.8) is 0 Å². The first kappa shape index (κ1) is 16.2. The quantitative estimate of drug-likeness (QED) is 0.670. The van der Waals surface area contributed by atoms with Gasteiger partial charge in [-0.1, -0.05) is 31.2 Å². The summed E-state index contributed by atoms with van der Waals surface area (Å²) in [7, 11) is 0. The Morgan fingerprint density at radius 2 is 1.68 bits per heavy atom. The largest absolute Gasteiger partial charge is 0.489 e. The van der Waals surface area contributed by atoms with Crippen LogP contribution in [0.1, 0.15) is 47.9 Å². The van der Waals surface area contributed by atoms with Gasteiger partial charge in [0.1, 0.15) is 18.6 Å². The second-order valence-corrected chi connectivity index (χ2v) is 5.07. The predicted octanol–water partition coefficient (Wildman–Crippen LogP) is 4.57. The van der Waals surface area contributed by atoms with Crippen LogP contribution in [0.3, 0.4) is 0 Å². The summed E-state index contributed by atoms with van der Waals surface area (Å²) >= 11 is 0. The molecule has 0 fully saturated rings. The van der Waals surface area contributed by atoms with E-state index in [0.29, 0.717) is 12.2 Å². The van der Waals surface area contributed by atoms with Gasteiger partial charge in [-0.3, -0.25) is 4.79 Å². The lowest BCUT2D eigenvalue weighted by molar-refractivity contribution is 0.0598. The van der Waals surface area contributed by atoms with Gasteiger partial charge in [0.15, 0.2) is 0 Å². The molecule has 3 heteroatoms. The fourth-order valence-corrected chi connectivity index (χ4v) is 2.29. The third-order valence-corrected chi connectivity index (χ3v) is 3.51. The highest BCUT2D eigenvalue weighted by Crippen LogP contribution is 2.21. The molecule has 0 heterocycles. The number of hydrogen-bond acceptors (Lipinski definition) is 3. The summed E-state index contributed by atoms with van der Waals surface area (Å²) in [6.45, 7) is 5.37. The second kappa shape index (κ2) is 8.35. The Morgan fingerprint density at radius 1 is 1.00 bits per heavy atom. The van der Waals surface area contributed by atoms with Crippen LogP contribution in [0.4, 0.5) is 0 Å². The molecule has 0 radical (unpaired) electrons. The average molecular weight is 298 g/mol. The van der Waals surface area contributed by atoms with E-state index in [2.05, 4.69) is 31.2 Å². The molecular weight excluding hydrogens is 276 g/mol. The van der Waals surface area contributed by atoms with Gasteiger partial charge in [0.05, 0.1) is 6.10 Å². The minimum absolute atomic E-state index is 0.163. The molecule has 0 aromatic heterocycles. The average Bonchev–Trinajstić information content (AvgIpc) is 2.59. The van der Waals surface area contributed by atoms with Gasteiger partial charge in [-0.2, -0.15) is 0 Å². The molecule has 0 bridgehead atoms. The first-order valence-electron chi connectivity index (χ1n) is 7.65. The Morgan fingerprint density at radius 3 is 2.23 bits per heavy atom. The van der Waals surface area contributed by atoms with E-state index in [1.807, 2.05) is 6.92 Å². The molecule has 0 unspecified atom stereocenters. The standard InChI is InChI=1S/C19H22O3/c1-3-19(21-4-2)17-9-5-16(6-10-17)14-22-18-11-7-15(13-20)8-12-18/h5-13,19H,3-4,14H2,1-2H3/t19-/m1/s1. The minimum atomic E-state index is 0.163. The summed E-state index contributed by atoms with van der Waals surface area (Å²) in [6.07, 6.45) is 1.95. The summed E-state index contributed by atoms with van der Waals surface area (Å²) < 4.78 is 11.4. The molecule has 1 atom stereocenters. The number of rotatable bonds is 8. The van der Waals surface area contributed by atoms with Gasteiger partial charge in [0.25, 0.3) is 0 Å². The fraction of sp³-hybridized carbons (Fsp3) is 0.316. The molecule has 0 aliphatic heterocycles. The van der Waals surface area contributed by atoms with Crippen LogP contribution >= 0.6 is 0 Å². The van der Waals surface area contributed by atoms with Crippen LogP contribution < -0.4 is 4.74 Å². The number of ether oxygens (including phenoxy) is 2. The van der Waals surface area contributed by atoms with Crippen LogP contribution in [0.15, 0.2) is 48.5 Å². The van der Waals surface area contributed by atoms with Crippen LogP contribution in [-0.2, 0) is 11.3 Å². The SMILES string of the molecule is CCO[C@H](CC)c1ccc(COc2ccc(C=O)cc2)cc1. The molecule has 0 aliphatic carbocycles. The molecule has 0 spiro atoms. The molecule has 2 aromatic rings. The van der Waals surface area contributed by atoms with E-state index in [0.717, 1.165) is 30.6 Å². The number of aldehydes is 1. The van der Waals surface area contributed by atoms with Crippen molar-refractivity contribution >= 4 is 6.29 Å². The zero-order valence-electron chi connectivity index (χ0n) is 13.1. The molecule has 0 N–H and O–H groups in total. The molecule has 0 aliphatic rings. The Hall–Kier alpha value is -2.13. The van der Waals surface area contributed by atoms with E-state index in [4.69, 9.17) is 9.47 Å². The van der Waals surface area contributed by atoms with Crippen LogP contribution in [0, 0.1) is 0 Å². The highest BCUT2D eigenvalue weighted by Gasteiger charge is 2.08. The van der Waals surface area contributed by atoms with E-state index in [1.54, 1.807) is 24.3 Å². The second-order valence-electron chi connectivity index (χ2n) is 5.07. The molecule has 3 nitrogen and oxygen atoms in total. The highest BCUT2D eigenvalue weighted by atomic mass is 16.5. The maximum absolute atomic E-state index is 10.6. The smallest absolute Gasteiger partial charge is 0.150 e. The lowest BCUT2D eigenvalue weighted by atomic mass is 10.1. The first-order chi connectivity index (χ1) is 10.8. The van der Waals surface area contributed by atoms with Gasteiger partial charge in [0, 0.05) is 12.2 Å². The van der Waals surface area contributed by atoms with Crippen molar-refractivity contribution in [1.29, 1.82) is 0 Å². The van der Waals surface area contributed by atoms with E-state index in [9.17, 15) is 4.79 Å². The third kappa shape index (κ3) is 4.43. The van der Waals surface area contributed by atoms with Crippen LogP contribution in [0.2, 0.25) is 0 Å². The van der Waals surface area contributed by atoms with Crippen molar-refractivity contribution in [2.45, 2.75) is 33.0 Å². The van der Waals surface area contributed by atoms with Gasteiger partial charge in [0.2, 0.25) is 0 Å². The minimum Gasteiger partial charge on any atom is -0.489 e. The fourth-order valence-electron chi connectivity index (χ4n) is 2.29. The first-order valence-corrected chi connectivity index (χ1v) is 7.65. The zero-order chi connectivity index (χ0) is 15.8. The zero-order valence-corrected chi connectivity index (χ0v) is 13.1. The topological polar surface area (TPSA) is 35.5 Å². The summed E-state index contributed by atoms with van der Waals surface area (Å²) in [5, 5.41) is 0. The van der Waals surface area contributed by atoms with Crippen molar-refractivity contribution in [1.82, 2.24) is 0 Å². The summed E-state index contributed by atoms with van der Waals surface area (Å²) in [6, 6.07) is 15.4. The molecular formula is C19H22O3. The van der Waals surface area contributed by atoms with Crippen molar-refractivity contribution in [3.05, 3.63) is 65.2 Å². The monoisotopic (exact) mass is 298 g/mol. The summed E-state index contributed by atoms with van der Waals surface area (Å²) in [5.74, 6) is 0.760. The highest BCUT2D eigenvalue weighted by molar-refractivity contribution is 5.74.